The first kappa shape index (κ1) is 21.0. The quantitative estimate of drug-likeness (QED) is 0.302. The monoisotopic (exact) mass is 469 g/mol. The number of aromatic hydroxyl groups is 1. The Morgan fingerprint density at radius 1 is 1.17 bits per heavy atom. The van der Waals surface area contributed by atoms with Gasteiger partial charge in [0.15, 0.2) is 0 Å². The Kier molecular flexibility index (Phi) is 6.76. The fourth-order valence-corrected chi connectivity index (χ4v) is 3.01. The molecule has 0 aliphatic carbocycles. The molecule has 0 bridgehead atoms. The van der Waals surface area contributed by atoms with Crippen molar-refractivity contribution in [2.45, 2.75) is 6.61 Å². The van der Waals surface area contributed by atoms with Crippen LogP contribution in [0, 0.1) is 10.1 Å². The Hall–Kier alpha value is -3.72. The van der Waals surface area contributed by atoms with Gasteiger partial charge in [-0.2, -0.15) is 5.10 Å². The average Bonchev–Trinajstić information content (AvgIpc) is 2.74. The molecule has 9 heteroatoms. The zero-order valence-electron chi connectivity index (χ0n) is 15.5. The molecule has 0 radical (unpaired) electrons. The molecule has 0 unspecified atom stereocenters. The Balaban J connectivity index is 1.62. The smallest absolute Gasteiger partial charge is 0.275 e. The van der Waals surface area contributed by atoms with Gasteiger partial charge in [0.05, 0.1) is 21.2 Å². The maximum atomic E-state index is 12.1. The predicted octanol–water partition coefficient (Wildman–Crippen LogP) is 4.41. The molecule has 0 fully saturated rings. The minimum absolute atomic E-state index is 0.243. The Morgan fingerprint density at radius 2 is 1.93 bits per heavy atom. The van der Waals surface area contributed by atoms with E-state index in [-0.39, 0.29) is 17.0 Å². The molecule has 1 amide bonds. The maximum absolute atomic E-state index is 12.1. The van der Waals surface area contributed by atoms with E-state index >= 15 is 0 Å². The number of hydrogen-bond acceptors (Lipinski definition) is 6. The SMILES string of the molecule is O=C(NN=Cc1ccc(OCc2ccccc2)c(Br)c1)c1cc([N+](=O)[O-])ccc1O. The lowest BCUT2D eigenvalue weighted by Crippen LogP contribution is -2.18. The van der Waals surface area contributed by atoms with E-state index in [0.717, 1.165) is 23.8 Å². The van der Waals surface area contributed by atoms with Crippen LogP contribution in [0.3, 0.4) is 0 Å². The Bertz CT molecular complexity index is 1100. The molecule has 152 valence electrons. The van der Waals surface area contributed by atoms with E-state index < -0.39 is 10.8 Å². The molecule has 0 aromatic heterocycles. The summed E-state index contributed by atoms with van der Waals surface area (Å²) in [7, 11) is 0. The van der Waals surface area contributed by atoms with Gasteiger partial charge in [0.1, 0.15) is 18.1 Å². The lowest BCUT2D eigenvalue weighted by molar-refractivity contribution is -0.384. The minimum Gasteiger partial charge on any atom is -0.507 e. The van der Waals surface area contributed by atoms with Crippen molar-refractivity contribution in [3.8, 4) is 11.5 Å². The van der Waals surface area contributed by atoms with Crippen LogP contribution in [-0.2, 0) is 6.61 Å². The van der Waals surface area contributed by atoms with E-state index in [9.17, 15) is 20.0 Å². The maximum Gasteiger partial charge on any atom is 0.275 e. The van der Waals surface area contributed by atoms with Crippen molar-refractivity contribution in [1.82, 2.24) is 5.43 Å². The number of phenols is 1. The lowest BCUT2D eigenvalue weighted by atomic mass is 10.1. The predicted molar refractivity (Wildman–Crippen MR) is 115 cm³/mol. The van der Waals surface area contributed by atoms with Crippen molar-refractivity contribution in [3.05, 3.63) is 98.0 Å². The number of carbonyl (C=O) groups excluding carboxylic acids is 1. The standard InChI is InChI=1S/C21H16BrN3O5/c22-18-10-15(6-9-20(18)30-13-14-4-2-1-3-5-14)12-23-24-21(27)17-11-16(25(28)29)7-8-19(17)26/h1-12,26H,13H2,(H,24,27). The highest BCUT2D eigenvalue weighted by molar-refractivity contribution is 9.10. The van der Waals surface area contributed by atoms with E-state index in [2.05, 4.69) is 26.5 Å². The molecule has 8 nitrogen and oxygen atoms in total. The molecule has 30 heavy (non-hydrogen) atoms. The number of nitro benzene ring substituents is 1. The van der Waals surface area contributed by atoms with Gasteiger partial charge in [-0.25, -0.2) is 5.43 Å². The highest BCUT2D eigenvalue weighted by Gasteiger charge is 2.16. The number of ether oxygens (including phenoxy) is 1. The summed E-state index contributed by atoms with van der Waals surface area (Å²) in [5, 5.41) is 24.4. The van der Waals surface area contributed by atoms with Gasteiger partial charge in [0.25, 0.3) is 11.6 Å². The number of hydrogen-bond donors (Lipinski definition) is 2. The third-order valence-corrected chi connectivity index (χ3v) is 4.63. The molecule has 0 aliphatic rings. The van der Waals surface area contributed by atoms with Gasteiger partial charge >= 0.3 is 0 Å². The number of benzene rings is 3. The molecule has 3 aromatic carbocycles. The average molecular weight is 470 g/mol. The third-order valence-electron chi connectivity index (χ3n) is 4.01. The summed E-state index contributed by atoms with van der Waals surface area (Å²) in [6.07, 6.45) is 1.40. The number of halogens is 1. The fraction of sp³-hybridized carbons (Fsp3) is 0.0476. The number of nitrogens with zero attached hydrogens (tertiary/aromatic N) is 2. The van der Waals surface area contributed by atoms with E-state index in [0.29, 0.717) is 22.4 Å². The van der Waals surface area contributed by atoms with E-state index in [1.165, 1.54) is 6.21 Å². The molecule has 0 spiro atoms. The first-order chi connectivity index (χ1) is 14.4. The summed E-state index contributed by atoms with van der Waals surface area (Å²) in [6.45, 7) is 0.426. The summed E-state index contributed by atoms with van der Waals surface area (Å²) < 4.78 is 6.49. The van der Waals surface area contributed by atoms with Gasteiger partial charge in [0, 0.05) is 12.1 Å². The van der Waals surface area contributed by atoms with Crippen molar-refractivity contribution in [1.29, 1.82) is 0 Å². The second kappa shape index (κ2) is 9.66. The summed E-state index contributed by atoms with van der Waals surface area (Å²) >= 11 is 3.44. The molecule has 0 heterocycles. The highest BCUT2D eigenvalue weighted by Crippen LogP contribution is 2.26. The number of carbonyl (C=O) groups is 1. The first-order valence-electron chi connectivity index (χ1n) is 8.71. The van der Waals surface area contributed by atoms with Crippen LogP contribution in [-0.4, -0.2) is 22.2 Å². The Labute approximate surface area is 180 Å². The Morgan fingerprint density at radius 3 is 2.63 bits per heavy atom. The zero-order valence-corrected chi connectivity index (χ0v) is 17.1. The van der Waals surface area contributed by atoms with Crippen LogP contribution in [0.4, 0.5) is 5.69 Å². The van der Waals surface area contributed by atoms with Crippen molar-refractivity contribution in [2.24, 2.45) is 5.10 Å². The van der Waals surface area contributed by atoms with Crippen molar-refractivity contribution in [2.75, 3.05) is 0 Å². The molecule has 2 N–H and O–H groups in total. The number of phenolic OH excluding ortho intramolecular Hbond substituents is 1. The van der Waals surface area contributed by atoms with Crippen molar-refractivity contribution in [3.63, 3.8) is 0 Å². The number of amides is 1. The molecule has 0 saturated carbocycles. The fourth-order valence-electron chi connectivity index (χ4n) is 2.49. The number of nitrogens with one attached hydrogen (secondary N) is 1. The van der Waals surface area contributed by atoms with Crippen LogP contribution < -0.4 is 10.2 Å². The number of rotatable bonds is 7. The van der Waals surface area contributed by atoms with Gasteiger partial charge in [-0.1, -0.05) is 30.3 Å². The van der Waals surface area contributed by atoms with Gasteiger partial charge in [-0.05, 0) is 51.3 Å². The summed E-state index contributed by atoms with van der Waals surface area (Å²) in [5.74, 6) is -0.494. The number of hydrazone groups is 1. The van der Waals surface area contributed by atoms with E-state index in [1.807, 2.05) is 30.3 Å². The minimum atomic E-state index is -0.769. The lowest BCUT2D eigenvalue weighted by Gasteiger charge is -2.09. The largest absolute Gasteiger partial charge is 0.507 e. The second-order valence-electron chi connectivity index (χ2n) is 6.12. The van der Waals surface area contributed by atoms with E-state index in [1.54, 1.807) is 18.2 Å². The highest BCUT2D eigenvalue weighted by atomic mass is 79.9. The van der Waals surface area contributed by atoms with Crippen LogP contribution >= 0.6 is 15.9 Å². The van der Waals surface area contributed by atoms with Crippen molar-refractivity contribution < 1.29 is 19.6 Å². The second-order valence-corrected chi connectivity index (χ2v) is 6.98. The molecule has 0 saturated heterocycles. The molecule has 0 atom stereocenters. The molecular weight excluding hydrogens is 454 g/mol. The summed E-state index contributed by atoms with van der Waals surface area (Å²) in [5.41, 5.74) is 3.41. The third kappa shape index (κ3) is 5.42. The van der Waals surface area contributed by atoms with Gasteiger partial charge in [-0.15, -0.1) is 0 Å². The van der Waals surface area contributed by atoms with E-state index in [4.69, 9.17) is 4.74 Å². The molecule has 0 aliphatic heterocycles. The van der Waals surface area contributed by atoms with Crippen LogP contribution in [0.25, 0.3) is 0 Å². The molecular formula is C21H16BrN3O5. The van der Waals surface area contributed by atoms with Gasteiger partial charge in [0.2, 0.25) is 0 Å². The number of nitro groups is 1. The van der Waals surface area contributed by atoms with Crippen LogP contribution in [0.5, 0.6) is 11.5 Å². The van der Waals surface area contributed by atoms with Gasteiger partial charge < -0.3 is 9.84 Å². The zero-order chi connectivity index (χ0) is 21.5. The van der Waals surface area contributed by atoms with Crippen LogP contribution in [0.15, 0.2) is 76.3 Å². The first-order valence-corrected chi connectivity index (χ1v) is 9.50. The van der Waals surface area contributed by atoms with Crippen LogP contribution in [0.1, 0.15) is 21.5 Å². The van der Waals surface area contributed by atoms with Gasteiger partial charge in [-0.3, -0.25) is 14.9 Å². The molecule has 3 rings (SSSR count). The van der Waals surface area contributed by atoms with Crippen LogP contribution in [0.2, 0.25) is 0 Å². The molecule has 3 aromatic rings. The normalized spacial score (nSPS) is 10.7. The summed E-state index contributed by atoms with van der Waals surface area (Å²) in [4.78, 5) is 22.3. The number of non-ortho nitro benzene ring substituents is 1. The summed E-state index contributed by atoms with van der Waals surface area (Å²) in [6, 6.07) is 18.2. The van der Waals surface area contributed by atoms with Crippen molar-refractivity contribution >= 4 is 33.7 Å². The topological polar surface area (TPSA) is 114 Å².